The van der Waals surface area contributed by atoms with Crippen molar-refractivity contribution in [3.8, 4) is 45.8 Å². The first-order valence-corrected chi connectivity index (χ1v) is 30.1. The molecule has 0 bridgehead atoms. The van der Waals surface area contributed by atoms with Gasteiger partial charge in [-0.25, -0.2) is 9.59 Å². The maximum Gasteiger partial charge on any atom is 0.330 e. The highest BCUT2D eigenvalue weighted by molar-refractivity contribution is 5.89. The Hall–Kier alpha value is -7.57. The first kappa shape index (κ1) is 72.2. The van der Waals surface area contributed by atoms with Crippen LogP contribution in [0.4, 0.5) is 0 Å². The standard InChI is InChI=1S/C63H72O34/c1-24-54(94-60-51(82)47(78)42(73)35(21-65)91-60)57(96-61-52(83)48(79)43(74)36(92-61)22-85-38(70)16-6-25-2-10-28(66)11-3-25)58(97-62-53(84)49(80)44(75)37(93-62)23-86-39(71)17-7-26-4-12-29(67)13-5-26)63(87-24)95-56-45(76)40-32(69)18-31(88-59-50(81)46(77)41(72)34(20-64)90-59)19-33(40)89-55(56)27-8-14-30(68)15-9-27/h2-19,24,34-37,41-44,46-54,57-69,72-75,77-84H,20-23H2,1H3/t24-,34+,35+,36+,37+,41+,42+,43+,44+,46-,47-,48-,49-,50+,51+,52+,53+,54-,57+,58+,59+,60-,61-,62-,63-/m0/s1. The molecule has 5 aromatic rings. The minimum absolute atomic E-state index is 0.0641. The van der Waals surface area contributed by atoms with Crippen molar-refractivity contribution in [1.82, 2.24) is 0 Å². The van der Waals surface area contributed by atoms with Gasteiger partial charge in [-0.1, -0.05) is 24.3 Å². The van der Waals surface area contributed by atoms with Gasteiger partial charge in [0, 0.05) is 29.8 Å². The van der Waals surface area contributed by atoms with Gasteiger partial charge < -0.3 is 153 Å². The first-order valence-electron chi connectivity index (χ1n) is 30.1. The summed E-state index contributed by atoms with van der Waals surface area (Å²) in [5.41, 5.74) is -0.972. The molecule has 10 rings (SSSR count). The Labute approximate surface area is 547 Å². The highest BCUT2D eigenvalue weighted by Gasteiger charge is 2.58. The Morgan fingerprint density at radius 3 is 1.32 bits per heavy atom. The molecule has 0 aliphatic carbocycles. The van der Waals surface area contributed by atoms with Crippen LogP contribution in [0.1, 0.15) is 18.1 Å². The van der Waals surface area contributed by atoms with Crippen molar-refractivity contribution in [2.75, 3.05) is 26.4 Å². The summed E-state index contributed by atoms with van der Waals surface area (Å²) in [5, 5.41) is 195. The normalized spacial score (nSPS) is 35.6. The van der Waals surface area contributed by atoms with E-state index in [9.17, 15) is 102 Å². The number of aromatic hydroxyl groups is 4. The summed E-state index contributed by atoms with van der Waals surface area (Å²) in [6.07, 6.45) is -46.4. The molecular weight excluding hydrogens is 1300 g/mol. The Morgan fingerprint density at radius 1 is 0.454 bits per heavy atom. The Bertz CT molecular complexity index is 3590. The fourth-order valence-electron chi connectivity index (χ4n) is 11.1. The second-order valence-corrected chi connectivity index (χ2v) is 23.2. The third kappa shape index (κ3) is 16.1. The van der Waals surface area contributed by atoms with Gasteiger partial charge in [-0.05, 0) is 78.7 Å². The van der Waals surface area contributed by atoms with Gasteiger partial charge in [0.2, 0.25) is 23.8 Å². The van der Waals surface area contributed by atoms with Crippen molar-refractivity contribution in [3.63, 3.8) is 0 Å². The average Bonchev–Trinajstić information content (AvgIpc) is 0.753. The number of aliphatic hydroxyl groups is 14. The highest BCUT2D eigenvalue weighted by Crippen LogP contribution is 2.42. The van der Waals surface area contributed by atoms with Crippen LogP contribution < -0.4 is 14.9 Å². The number of hydrogen-bond acceptors (Lipinski definition) is 34. The van der Waals surface area contributed by atoms with E-state index >= 15 is 4.79 Å². The minimum atomic E-state index is -2.35. The van der Waals surface area contributed by atoms with Crippen molar-refractivity contribution in [1.29, 1.82) is 0 Å². The largest absolute Gasteiger partial charge is 0.508 e. The highest BCUT2D eigenvalue weighted by atomic mass is 16.8. The van der Waals surface area contributed by atoms with Crippen LogP contribution in [0.3, 0.4) is 0 Å². The van der Waals surface area contributed by atoms with Crippen LogP contribution >= 0.6 is 0 Å². The van der Waals surface area contributed by atoms with Gasteiger partial charge in [-0.3, -0.25) is 4.79 Å². The molecule has 0 amide bonds. The fraction of sp³-hybridized carbons (Fsp3) is 0.476. The number of esters is 2. The molecule has 34 heteroatoms. The molecule has 18 N–H and O–H groups in total. The van der Waals surface area contributed by atoms with Gasteiger partial charge in [0.15, 0.2) is 30.7 Å². The number of carbonyl (C=O) groups excluding carboxylic acids is 2. The Morgan fingerprint density at radius 2 is 0.856 bits per heavy atom. The Kier molecular flexibility index (Phi) is 23.1. The molecule has 5 aliphatic rings. The molecule has 34 nitrogen and oxygen atoms in total. The lowest BCUT2D eigenvalue weighted by atomic mass is 9.95. The molecule has 0 radical (unpaired) electrons. The molecule has 6 heterocycles. The van der Waals surface area contributed by atoms with Gasteiger partial charge in [0.05, 0.1) is 19.3 Å². The predicted molar refractivity (Wildman–Crippen MR) is 319 cm³/mol. The zero-order valence-corrected chi connectivity index (χ0v) is 50.7. The third-order valence-corrected chi connectivity index (χ3v) is 16.5. The van der Waals surface area contributed by atoms with Crippen LogP contribution in [0.5, 0.6) is 34.5 Å². The summed E-state index contributed by atoms with van der Waals surface area (Å²) in [5.74, 6) is -5.32. The third-order valence-electron chi connectivity index (χ3n) is 16.5. The average molecular weight is 1370 g/mol. The van der Waals surface area contributed by atoms with E-state index in [0.29, 0.717) is 11.1 Å². The molecule has 0 saturated carbocycles. The molecule has 5 fully saturated rings. The number of phenols is 4. The van der Waals surface area contributed by atoms with Crippen molar-refractivity contribution in [3.05, 3.63) is 118 Å². The maximum absolute atomic E-state index is 15.3. The zero-order chi connectivity index (χ0) is 69.8. The van der Waals surface area contributed by atoms with E-state index in [4.69, 9.17) is 61.3 Å². The molecule has 4 aromatic carbocycles. The number of aliphatic hydroxyl groups excluding tert-OH is 14. The lowest BCUT2D eigenvalue weighted by molar-refractivity contribution is -0.400. The number of hydrogen-bond donors (Lipinski definition) is 18. The summed E-state index contributed by atoms with van der Waals surface area (Å²) in [6.45, 7) is -2.36. The number of fused-ring (bicyclic) bond motifs is 1. The van der Waals surface area contributed by atoms with Crippen molar-refractivity contribution in [2.45, 2.75) is 160 Å². The van der Waals surface area contributed by atoms with Crippen LogP contribution in [-0.2, 0) is 57.0 Å². The molecule has 5 aliphatic heterocycles. The molecule has 1 aromatic heterocycles. The summed E-state index contributed by atoms with van der Waals surface area (Å²) in [7, 11) is 0. The van der Waals surface area contributed by atoms with E-state index in [-0.39, 0.29) is 22.8 Å². The van der Waals surface area contributed by atoms with E-state index in [1.807, 2.05) is 0 Å². The molecular formula is C63H72O34. The number of rotatable bonds is 21. The van der Waals surface area contributed by atoms with Crippen LogP contribution in [0.15, 0.2) is 106 Å². The second-order valence-electron chi connectivity index (χ2n) is 23.2. The molecule has 528 valence electrons. The molecule has 0 unspecified atom stereocenters. The molecule has 97 heavy (non-hydrogen) atoms. The fourth-order valence-corrected chi connectivity index (χ4v) is 11.1. The van der Waals surface area contributed by atoms with Crippen molar-refractivity contribution >= 4 is 35.1 Å². The van der Waals surface area contributed by atoms with Crippen LogP contribution in [0.2, 0.25) is 0 Å². The quantitative estimate of drug-likeness (QED) is 0.0244. The second kappa shape index (κ2) is 31.1. The van der Waals surface area contributed by atoms with Gasteiger partial charge in [0.25, 0.3) is 0 Å². The SMILES string of the molecule is C[C@@H]1O[C@@H](Oc2c(-c3ccc(O)cc3)oc3cc(O[C@@H]4O[C@H](CO)[C@@H](O)[C@H](O)[C@H]4O)cc(O)c3c2=O)[C@H](O[C@@H]2O[C@H](COC(=O)C=Cc3ccc(O)cc3)[C@@H](O)[C@H](O)[C@H]2O)[C@H](O[C@@H]2O[C@H](COC(=O)C=Cc3ccc(O)cc3)[C@@H](O)[C@H](O)[C@H]2O)[C@H]1O[C@@H]1O[C@H](CO)[C@@H](O)[C@H](O)[C@H]1O. The number of ether oxygens (including phenoxy) is 12. The number of benzene rings is 4. The van der Waals surface area contributed by atoms with Crippen molar-refractivity contribution < 1.29 is 163 Å². The van der Waals surface area contributed by atoms with E-state index in [2.05, 4.69) is 0 Å². The maximum atomic E-state index is 15.3. The zero-order valence-electron chi connectivity index (χ0n) is 50.7. The van der Waals surface area contributed by atoms with Gasteiger partial charge in [0.1, 0.15) is 163 Å². The summed E-state index contributed by atoms with van der Waals surface area (Å²) < 4.78 is 78.0. The van der Waals surface area contributed by atoms with E-state index in [1.54, 1.807) is 0 Å². The summed E-state index contributed by atoms with van der Waals surface area (Å²) in [4.78, 5) is 41.4. The van der Waals surface area contributed by atoms with Gasteiger partial charge >= 0.3 is 11.9 Å². The van der Waals surface area contributed by atoms with E-state index < -0.39 is 231 Å². The number of carbonyl (C=O) groups is 2. The van der Waals surface area contributed by atoms with Gasteiger partial charge in [-0.15, -0.1) is 0 Å². The van der Waals surface area contributed by atoms with E-state index in [1.165, 1.54) is 79.7 Å². The summed E-state index contributed by atoms with van der Waals surface area (Å²) >= 11 is 0. The topological polar surface area (TPSA) is 539 Å². The minimum Gasteiger partial charge on any atom is -0.508 e. The Balaban J connectivity index is 1.06. The monoisotopic (exact) mass is 1370 g/mol. The smallest absolute Gasteiger partial charge is 0.330 e. The van der Waals surface area contributed by atoms with Crippen molar-refractivity contribution in [2.24, 2.45) is 0 Å². The van der Waals surface area contributed by atoms with Gasteiger partial charge in [-0.2, -0.15) is 0 Å². The van der Waals surface area contributed by atoms with Crippen LogP contribution in [0, 0.1) is 0 Å². The summed E-state index contributed by atoms with van der Waals surface area (Å²) in [6, 6.07) is 17.9. The molecule has 25 atom stereocenters. The predicted octanol–water partition coefficient (Wildman–Crippen LogP) is -4.33. The van der Waals surface area contributed by atoms with Crippen LogP contribution in [0.25, 0.3) is 34.4 Å². The first-order chi connectivity index (χ1) is 46.2. The van der Waals surface area contributed by atoms with Crippen LogP contribution in [-0.4, -0.2) is 284 Å². The molecule has 5 saturated heterocycles. The molecule has 0 spiro atoms. The number of phenolic OH excluding ortho intramolecular Hbond substituents is 4. The lowest BCUT2D eigenvalue weighted by Crippen LogP contribution is -2.68. The lowest BCUT2D eigenvalue weighted by Gasteiger charge is -2.50. The van der Waals surface area contributed by atoms with E-state index in [0.717, 1.165) is 36.4 Å².